The van der Waals surface area contributed by atoms with Crippen molar-refractivity contribution in [2.24, 2.45) is 0 Å². The van der Waals surface area contributed by atoms with E-state index < -0.39 is 0 Å². The fraction of sp³-hybridized carbons (Fsp3) is 1.00. The van der Waals surface area contributed by atoms with Crippen LogP contribution in [0.4, 0.5) is 0 Å². The summed E-state index contributed by atoms with van der Waals surface area (Å²) in [6.45, 7) is 7.50. The first-order chi connectivity index (χ1) is 6.27. The predicted octanol–water partition coefficient (Wildman–Crippen LogP) is 1.90. The molecule has 1 fully saturated rings. The number of rotatable bonds is 5. The van der Waals surface area contributed by atoms with Crippen LogP contribution in [0.1, 0.15) is 26.7 Å². The van der Waals surface area contributed by atoms with Gasteiger partial charge in [0.1, 0.15) is 0 Å². The van der Waals surface area contributed by atoms with E-state index in [1.807, 2.05) is 11.8 Å². The lowest BCUT2D eigenvalue weighted by atomic mass is 9.93. The third-order valence-electron chi connectivity index (χ3n) is 2.60. The van der Waals surface area contributed by atoms with Crippen LogP contribution in [0, 0.1) is 0 Å². The van der Waals surface area contributed by atoms with Gasteiger partial charge in [-0.05, 0) is 25.5 Å². The first-order valence-corrected chi connectivity index (χ1v) is 6.33. The normalized spacial score (nSPS) is 21.7. The van der Waals surface area contributed by atoms with Gasteiger partial charge in [0, 0.05) is 31.1 Å². The minimum absolute atomic E-state index is 0.340. The van der Waals surface area contributed by atoms with E-state index >= 15 is 0 Å². The van der Waals surface area contributed by atoms with Crippen molar-refractivity contribution in [1.29, 1.82) is 0 Å². The van der Waals surface area contributed by atoms with Crippen molar-refractivity contribution in [3.63, 3.8) is 0 Å². The van der Waals surface area contributed by atoms with Gasteiger partial charge in [0.15, 0.2) is 0 Å². The predicted molar refractivity (Wildman–Crippen MR) is 59.5 cm³/mol. The number of ether oxygens (including phenoxy) is 1. The lowest BCUT2D eigenvalue weighted by Crippen LogP contribution is -2.47. The minimum atomic E-state index is 0.340. The first kappa shape index (κ1) is 11.3. The largest absolute Gasteiger partial charge is 0.381 e. The second kappa shape index (κ2) is 5.89. The Kier molecular flexibility index (Phi) is 5.14. The summed E-state index contributed by atoms with van der Waals surface area (Å²) in [5.74, 6) is 2.45. The van der Waals surface area contributed by atoms with Crippen LogP contribution in [0.25, 0.3) is 0 Å². The summed E-state index contributed by atoms with van der Waals surface area (Å²) in [6.07, 6.45) is 2.31. The van der Waals surface area contributed by atoms with Crippen molar-refractivity contribution in [2.45, 2.75) is 32.2 Å². The van der Waals surface area contributed by atoms with E-state index in [9.17, 15) is 0 Å². The van der Waals surface area contributed by atoms with E-state index in [0.717, 1.165) is 32.6 Å². The van der Waals surface area contributed by atoms with Crippen LogP contribution in [0.5, 0.6) is 0 Å². The molecule has 0 amide bonds. The molecule has 78 valence electrons. The molecule has 0 aliphatic carbocycles. The topological polar surface area (TPSA) is 21.3 Å². The molecule has 2 nitrogen and oxygen atoms in total. The summed E-state index contributed by atoms with van der Waals surface area (Å²) in [7, 11) is 0. The number of hydrogen-bond donors (Lipinski definition) is 1. The molecule has 0 aromatic carbocycles. The first-order valence-electron chi connectivity index (χ1n) is 5.17. The summed E-state index contributed by atoms with van der Waals surface area (Å²) in [6, 6.07) is 0. The van der Waals surface area contributed by atoms with E-state index in [1.165, 1.54) is 11.5 Å². The molecule has 0 saturated carbocycles. The Labute approximate surface area is 85.8 Å². The fourth-order valence-electron chi connectivity index (χ4n) is 1.57. The van der Waals surface area contributed by atoms with Crippen molar-refractivity contribution in [3.8, 4) is 0 Å². The molecule has 1 aliphatic rings. The highest BCUT2D eigenvalue weighted by molar-refractivity contribution is 7.99. The summed E-state index contributed by atoms with van der Waals surface area (Å²) in [5.41, 5.74) is 0.340. The smallest absolute Gasteiger partial charge is 0.0483 e. The molecule has 1 saturated heterocycles. The van der Waals surface area contributed by atoms with Gasteiger partial charge in [-0.1, -0.05) is 6.92 Å². The maximum atomic E-state index is 5.35. The summed E-state index contributed by atoms with van der Waals surface area (Å²) in [4.78, 5) is 0. The SMILES string of the molecule is CCSCCNC1(C)CCOCC1. The number of hydrogen-bond acceptors (Lipinski definition) is 3. The molecule has 1 N–H and O–H groups in total. The van der Waals surface area contributed by atoms with Gasteiger partial charge in [0.05, 0.1) is 0 Å². The van der Waals surface area contributed by atoms with Crippen molar-refractivity contribution < 1.29 is 4.74 Å². The third kappa shape index (κ3) is 4.34. The van der Waals surface area contributed by atoms with Gasteiger partial charge >= 0.3 is 0 Å². The number of thioether (sulfide) groups is 1. The van der Waals surface area contributed by atoms with E-state index in [2.05, 4.69) is 19.2 Å². The molecule has 0 radical (unpaired) electrons. The van der Waals surface area contributed by atoms with Crippen LogP contribution >= 0.6 is 11.8 Å². The molecular weight excluding hydrogens is 182 g/mol. The second-order valence-corrected chi connectivity index (χ2v) is 5.19. The molecular formula is C10H21NOS. The minimum Gasteiger partial charge on any atom is -0.381 e. The molecule has 0 unspecified atom stereocenters. The van der Waals surface area contributed by atoms with Gasteiger partial charge in [0.2, 0.25) is 0 Å². The molecule has 0 bridgehead atoms. The highest BCUT2D eigenvalue weighted by Crippen LogP contribution is 2.19. The van der Waals surface area contributed by atoms with Gasteiger partial charge in [-0.3, -0.25) is 0 Å². The van der Waals surface area contributed by atoms with Crippen LogP contribution in [0.2, 0.25) is 0 Å². The molecule has 0 aromatic heterocycles. The fourth-order valence-corrected chi connectivity index (χ4v) is 2.10. The lowest BCUT2D eigenvalue weighted by molar-refractivity contribution is 0.0462. The average Bonchev–Trinajstić information content (AvgIpc) is 2.14. The van der Waals surface area contributed by atoms with E-state index in [4.69, 9.17) is 4.74 Å². The van der Waals surface area contributed by atoms with Crippen molar-refractivity contribution in [2.75, 3.05) is 31.3 Å². The van der Waals surface area contributed by atoms with Gasteiger partial charge < -0.3 is 10.1 Å². The Morgan fingerprint density at radius 1 is 1.38 bits per heavy atom. The van der Waals surface area contributed by atoms with Gasteiger partial charge in [-0.2, -0.15) is 11.8 Å². The zero-order valence-corrected chi connectivity index (χ0v) is 9.58. The van der Waals surface area contributed by atoms with Crippen LogP contribution in [-0.4, -0.2) is 36.8 Å². The highest BCUT2D eigenvalue weighted by atomic mass is 32.2. The number of nitrogens with one attached hydrogen (secondary N) is 1. The lowest BCUT2D eigenvalue weighted by Gasteiger charge is -2.34. The van der Waals surface area contributed by atoms with E-state index in [0.29, 0.717) is 5.54 Å². The molecule has 1 heterocycles. The molecule has 1 rings (SSSR count). The standard InChI is InChI=1S/C10H21NOS/c1-3-13-9-6-11-10(2)4-7-12-8-5-10/h11H,3-9H2,1-2H3. The maximum absolute atomic E-state index is 5.35. The summed E-state index contributed by atoms with van der Waals surface area (Å²) in [5, 5.41) is 3.63. The van der Waals surface area contributed by atoms with E-state index in [1.54, 1.807) is 0 Å². The Morgan fingerprint density at radius 2 is 2.08 bits per heavy atom. The summed E-state index contributed by atoms with van der Waals surface area (Å²) >= 11 is 2.00. The van der Waals surface area contributed by atoms with Crippen LogP contribution < -0.4 is 5.32 Å². The van der Waals surface area contributed by atoms with Crippen LogP contribution in [-0.2, 0) is 4.74 Å². The van der Waals surface area contributed by atoms with Crippen molar-refractivity contribution >= 4 is 11.8 Å². The zero-order chi connectivity index (χ0) is 9.57. The average molecular weight is 203 g/mol. The zero-order valence-electron chi connectivity index (χ0n) is 8.77. The van der Waals surface area contributed by atoms with Gasteiger partial charge in [-0.25, -0.2) is 0 Å². The van der Waals surface area contributed by atoms with Gasteiger partial charge in [0.25, 0.3) is 0 Å². The molecule has 0 atom stereocenters. The second-order valence-electron chi connectivity index (χ2n) is 3.80. The molecule has 3 heteroatoms. The van der Waals surface area contributed by atoms with Crippen molar-refractivity contribution in [1.82, 2.24) is 5.32 Å². The third-order valence-corrected chi connectivity index (χ3v) is 3.50. The summed E-state index contributed by atoms with van der Waals surface area (Å²) < 4.78 is 5.35. The molecule has 1 aliphatic heterocycles. The Morgan fingerprint density at radius 3 is 2.69 bits per heavy atom. The Bertz CT molecular complexity index is 135. The van der Waals surface area contributed by atoms with Crippen LogP contribution in [0.15, 0.2) is 0 Å². The quantitative estimate of drug-likeness (QED) is 0.690. The van der Waals surface area contributed by atoms with Gasteiger partial charge in [-0.15, -0.1) is 0 Å². The highest BCUT2D eigenvalue weighted by Gasteiger charge is 2.25. The van der Waals surface area contributed by atoms with E-state index in [-0.39, 0.29) is 0 Å². The van der Waals surface area contributed by atoms with Crippen LogP contribution in [0.3, 0.4) is 0 Å². The molecule has 0 aromatic rings. The van der Waals surface area contributed by atoms with Crippen molar-refractivity contribution in [3.05, 3.63) is 0 Å². The molecule has 0 spiro atoms. The maximum Gasteiger partial charge on any atom is 0.0483 e. The Balaban J connectivity index is 2.10. The Hall–Kier alpha value is 0.270. The monoisotopic (exact) mass is 203 g/mol. The molecule has 13 heavy (non-hydrogen) atoms.